The maximum absolute atomic E-state index is 12.2. The Balaban J connectivity index is 3.42. The van der Waals surface area contributed by atoms with Gasteiger partial charge in [0.15, 0.2) is 0 Å². The fourth-order valence-corrected chi connectivity index (χ4v) is 0.346. The van der Waals surface area contributed by atoms with Gasteiger partial charge in [0.2, 0.25) is 6.17 Å². The van der Waals surface area contributed by atoms with Gasteiger partial charge in [-0.15, -0.1) is 0 Å². The number of alkyl halides is 1. The molecule has 10 heavy (non-hydrogen) atoms. The first-order chi connectivity index (χ1) is 4.72. The lowest BCUT2D eigenvalue weighted by Gasteiger charge is -2.04. The predicted molar refractivity (Wildman–Crippen MR) is 34.0 cm³/mol. The molecule has 0 spiro atoms. The van der Waals surface area contributed by atoms with E-state index in [1.165, 1.54) is 0 Å². The highest BCUT2D eigenvalue weighted by atomic mass is 19.1. The molecule has 0 aliphatic rings. The summed E-state index contributed by atoms with van der Waals surface area (Å²) in [5.41, 5.74) is 9.83. The fraction of sp³-hybridized carbons (Fsp3) is 0.800. The van der Waals surface area contributed by atoms with E-state index in [0.717, 1.165) is 0 Å². The van der Waals surface area contributed by atoms with Crippen LogP contribution in [0.4, 0.5) is 4.39 Å². The minimum atomic E-state index is -1.72. The summed E-state index contributed by atoms with van der Waals surface area (Å²) < 4.78 is 16.5. The van der Waals surface area contributed by atoms with Gasteiger partial charge in [0.25, 0.3) is 0 Å². The predicted octanol–water partition coefficient (Wildman–Crippen LogP) is -1.21. The molecule has 0 amide bonds. The number of halogens is 1. The van der Waals surface area contributed by atoms with Crippen LogP contribution in [-0.4, -0.2) is 31.8 Å². The van der Waals surface area contributed by atoms with Gasteiger partial charge in [0.05, 0.1) is 0 Å². The van der Waals surface area contributed by atoms with Crippen molar-refractivity contribution in [2.75, 3.05) is 19.7 Å². The normalized spacial score (nSPS) is 12.7. The zero-order valence-corrected chi connectivity index (χ0v) is 5.55. The van der Waals surface area contributed by atoms with E-state index in [1.54, 1.807) is 0 Å². The van der Waals surface area contributed by atoms with E-state index in [1.807, 2.05) is 0 Å². The molecule has 0 fully saturated rings. The highest BCUT2D eigenvalue weighted by molar-refractivity contribution is 5.74. The van der Waals surface area contributed by atoms with E-state index in [9.17, 15) is 9.18 Å². The van der Waals surface area contributed by atoms with Gasteiger partial charge in [-0.1, -0.05) is 0 Å². The van der Waals surface area contributed by atoms with E-state index in [2.05, 4.69) is 4.74 Å². The third kappa shape index (κ3) is 3.37. The van der Waals surface area contributed by atoms with E-state index in [-0.39, 0.29) is 19.7 Å². The second-order valence-electron chi connectivity index (χ2n) is 1.66. The molecule has 0 aliphatic carbocycles. The largest absolute Gasteiger partial charge is 0.462 e. The van der Waals surface area contributed by atoms with Crippen LogP contribution in [0.2, 0.25) is 0 Å². The third-order valence-electron chi connectivity index (χ3n) is 0.825. The Kier molecular flexibility index (Phi) is 4.78. The van der Waals surface area contributed by atoms with Gasteiger partial charge < -0.3 is 16.2 Å². The van der Waals surface area contributed by atoms with Crippen LogP contribution in [0.25, 0.3) is 0 Å². The Morgan fingerprint density at radius 2 is 2.20 bits per heavy atom. The molecule has 0 saturated heterocycles. The molecule has 0 heterocycles. The molecule has 0 aromatic heterocycles. The van der Waals surface area contributed by atoms with E-state index in [0.29, 0.717) is 0 Å². The minimum absolute atomic E-state index is 0.0409. The number of esters is 1. The Morgan fingerprint density at radius 1 is 1.60 bits per heavy atom. The van der Waals surface area contributed by atoms with Crippen molar-refractivity contribution < 1.29 is 13.9 Å². The van der Waals surface area contributed by atoms with Crippen molar-refractivity contribution in [3.05, 3.63) is 0 Å². The molecule has 4 N–H and O–H groups in total. The highest BCUT2D eigenvalue weighted by Gasteiger charge is 2.15. The molecule has 0 radical (unpaired) electrons. The minimum Gasteiger partial charge on any atom is -0.462 e. The van der Waals surface area contributed by atoms with Crippen LogP contribution >= 0.6 is 0 Å². The molecule has 5 heteroatoms. The lowest BCUT2D eigenvalue weighted by atomic mass is 10.4. The molecular formula is C5H11FN2O2. The van der Waals surface area contributed by atoms with Crippen molar-refractivity contribution in [3.8, 4) is 0 Å². The average Bonchev–Trinajstić information content (AvgIpc) is 1.98. The monoisotopic (exact) mass is 150 g/mol. The van der Waals surface area contributed by atoms with E-state index < -0.39 is 12.1 Å². The maximum atomic E-state index is 12.2. The number of rotatable bonds is 4. The van der Waals surface area contributed by atoms with Gasteiger partial charge >= 0.3 is 5.97 Å². The van der Waals surface area contributed by atoms with Crippen molar-refractivity contribution in [3.63, 3.8) is 0 Å². The van der Waals surface area contributed by atoms with Crippen LogP contribution in [0.15, 0.2) is 0 Å². The smallest absolute Gasteiger partial charge is 0.342 e. The topological polar surface area (TPSA) is 78.3 Å². The van der Waals surface area contributed by atoms with Crippen LogP contribution in [0, 0.1) is 0 Å². The zero-order chi connectivity index (χ0) is 7.98. The number of carbonyl (C=O) groups excluding carboxylic acids is 1. The van der Waals surface area contributed by atoms with Crippen molar-refractivity contribution >= 4 is 5.97 Å². The highest BCUT2D eigenvalue weighted by Crippen LogP contribution is 1.90. The second kappa shape index (κ2) is 5.13. The molecule has 60 valence electrons. The average molecular weight is 150 g/mol. The summed E-state index contributed by atoms with van der Waals surface area (Å²) in [6.45, 7) is -0.105. The van der Waals surface area contributed by atoms with Crippen molar-refractivity contribution in [1.82, 2.24) is 0 Å². The van der Waals surface area contributed by atoms with E-state index in [4.69, 9.17) is 11.5 Å². The van der Waals surface area contributed by atoms with Crippen LogP contribution in [0.1, 0.15) is 0 Å². The molecule has 0 saturated carbocycles. The van der Waals surface area contributed by atoms with Crippen LogP contribution in [0.5, 0.6) is 0 Å². The molecule has 0 rings (SSSR count). The molecule has 0 bridgehead atoms. The van der Waals surface area contributed by atoms with Gasteiger partial charge in [0, 0.05) is 13.1 Å². The molecule has 0 aliphatic heterocycles. The number of nitrogens with two attached hydrogens (primary N) is 2. The van der Waals surface area contributed by atoms with Crippen molar-refractivity contribution in [1.29, 1.82) is 0 Å². The molecule has 1 unspecified atom stereocenters. The first kappa shape index (κ1) is 9.32. The van der Waals surface area contributed by atoms with Crippen LogP contribution in [0.3, 0.4) is 0 Å². The van der Waals surface area contributed by atoms with Gasteiger partial charge in [-0.3, -0.25) is 0 Å². The summed E-state index contributed by atoms with van der Waals surface area (Å²) in [4.78, 5) is 10.4. The van der Waals surface area contributed by atoms with Gasteiger partial charge in [-0.05, 0) is 0 Å². The maximum Gasteiger partial charge on any atom is 0.342 e. The van der Waals surface area contributed by atoms with Crippen molar-refractivity contribution in [2.24, 2.45) is 11.5 Å². The number of hydrogen-bond acceptors (Lipinski definition) is 4. The molecule has 1 atom stereocenters. The van der Waals surface area contributed by atoms with Crippen molar-refractivity contribution in [2.45, 2.75) is 6.17 Å². The Morgan fingerprint density at radius 3 is 2.60 bits per heavy atom. The molecule has 4 nitrogen and oxygen atoms in total. The summed E-state index contributed by atoms with van der Waals surface area (Å²) in [6, 6.07) is 0. The Labute approximate surface area is 58.3 Å². The first-order valence-corrected chi connectivity index (χ1v) is 2.93. The first-order valence-electron chi connectivity index (χ1n) is 2.93. The Bertz CT molecular complexity index is 110. The fourth-order valence-electron chi connectivity index (χ4n) is 0.346. The standard InChI is InChI=1S/C5H11FN2O2/c6-4(3-8)5(9)10-2-1-7/h4H,1-3,7-8H2. The second-order valence-corrected chi connectivity index (χ2v) is 1.66. The lowest BCUT2D eigenvalue weighted by molar-refractivity contribution is -0.148. The Hall–Kier alpha value is -0.680. The number of carbonyl (C=O) groups is 1. The summed E-state index contributed by atoms with van der Waals surface area (Å²) in [5.74, 6) is -0.937. The summed E-state index contributed by atoms with van der Waals surface area (Å²) in [7, 11) is 0. The molecule has 0 aromatic rings. The summed E-state index contributed by atoms with van der Waals surface area (Å²) >= 11 is 0. The SMILES string of the molecule is NCCOC(=O)C(F)CN. The van der Waals surface area contributed by atoms with Crippen LogP contribution < -0.4 is 11.5 Å². The number of ether oxygens (including phenoxy) is 1. The summed E-state index contributed by atoms with van der Waals surface area (Å²) in [6.07, 6.45) is -1.72. The zero-order valence-electron chi connectivity index (χ0n) is 5.55. The van der Waals surface area contributed by atoms with Gasteiger partial charge in [0.1, 0.15) is 6.61 Å². The quantitative estimate of drug-likeness (QED) is 0.492. The van der Waals surface area contributed by atoms with Crippen LogP contribution in [-0.2, 0) is 9.53 Å². The molecular weight excluding hydrogens is 139 g/mol. The lowest BCUT2D eigenvalue weighted by Crippen LogP contribution is -2.28. The molecule has 0 aromatic carbocycles. The van der Waals surface area contributed by atoms with Gasteiger partial charge in [-0.2, -0.15) is 0 Å². The third-order valence-corrected chi connectivity index (χ3v) is 0.825. The summed E-state index contributed by atoms with van der Waals surface area (Å²) in [5, 5.41) is 0. The van der Waals surface area contributed by atoms with Gasteiger partial charge in [-0.25, -0.2) is 9.18 Å². The number of hydrogen-bond donors (Lipinski definition) is 2. The van der Waals surface area contributed by atoms with E-state index >= 15 is 0 Å².